The number of carbonyl (C=O) groups is 1. The zero-order valence-electron chi connectivity index (χ0n) is 8.75. The van der Waals surface area contributed by atoms with Gasteiger partial charge in [-0.05, 0) is 10.4 Å². The third-order valence-electron chi connectivity index (χ3n) is 1.85. The standard InChI is InChI=1S/C7H13N5O2S/c1-4(5(8)6(13)14-3)15-7-9-10-11-12(7)2/h4-5H,8H2,1-3H3/t4-,5-/m0/s1. The lowest BCUT2D eigenvalue weighted by Gasteiger charge is -2.15. The minimum atomic E-state index is -0.684. The van der Waals surface area contributed by atoms with E-state index >= 15 is 0 Å². The number of hydrogen-bond acceptors (Lipinski definition) is 7. The van der Waals surface area contributed by atoms with Gasteiger partial charge in [0.1, 0.15) is 6.04 Å². The molecule has 0 aliphatic heterocycles. The van der Waals surface area contributed by atoms with E-state index in [9.17, 15) is 4.79 Å². The normalized spacial score (nSPS) is 14.7. The van der Waals surface area contributed by atoms with Crippen LogP contribution in [0.5, 0.6) is 0 Å². The molecule has 7 nitrogen and oxygen atoms in total. The van der Waals surface area contributed by atoms with Crippen molar-refractivity contribution in [3.63, 3.8) is 0 Å². The number of nitrogens with two attached hydrogens (primary N) is 1. The largest absolute Gasteiger partial charge is 0.468 e. The van der Waals surface area contributed by atoms with Crippen molar-refractivity contribution in [1.29, 1.82) is 0 Å². The first-order valence-corrected chi connectivity index (χ1v) is 5.16. The van der Waals surface area contributed by atoms with Crippen molar-refractivity contribution in [3.05, 3.63) is 0 Å². The smallest absolute Gasteiger partial charge is 0.323 e. The van der Waals surface area contributed by atoms with Gasteiger partial charge in [-0.3, -0.25) is 4.79 Å². The number of hydrogen-bond donors (Lipinski definition) is 1. The van der Waals surface area contributed by atoms with Crippen LogP contribution in [0.4, 0.5) is 0 Å². The van der Waals surface area contributed by atoms with Gasteiger partial charge >= 0.3 is 5.97 Å². The van der Waals surface area contributed by atoms with Crippen molar-refractivity contribution < 1.29 is 9.53 Å². The highest BCUT2D eigenvalue weighted by Gasteiger charge is 2.24. The van der Waals surface area contributed by atoms with E-state index in [0.29, 0.717) is 5.16 Å². The number of carbonyl (C=O) groups excluding carboxylic acids is 1. The average molecular weight is 231 g/mol. The summed E-state index contributed by atoms with van der Waals surface area (Å²) in [5, 5.41) is 11.4. The predicted octanol–water partition coefficient (Wildman–Crippen LogP) is -0.809. The van der Waals surface area contributed by atoms with Crippen molar-refractivity contribution in [2.75, 3.05) is 7.11 Å². The van der Waals surface area contributed by atoms with Gasteiger partial charge < -0.3 is 10.5 Å². The maximum atomic E-state index is 11.1. The van der Waals surface area contributed by atoms with E-state index in [4.69, 9.17) is 5.73 Å². The summed E-state index contributed by atoms with van der Waals surface area (Å²) in [6.45, 7) is 1.82. The number of ether oxygens (including phenoxy) is 1. The number of aryl methyl sites for hydroxylation is 1. The topological polar surface area (TPSA) is 95.9 Å². The molecule has 0 amide bonds. The van der Waals surface area contributed by atoms with Crippen LogP contribution in [-0.4, -0.2) is 44.6 Å². The predicted molar refractivity (Wildman–Crippen MR) is 54.1 cm³/mol. The Balaban J connectivity index is 2.59. The summed E-state index contributed by atoms with van der Waals surface area (Å²) in [6.07, 6.45) is 0. The van der Waals surface area contributed by atoms with Gasteiger partial charge in [-0.2, -0.15) is 0 Å². The Morgan fingerprint density at radius 3 is 2.80 bits per heavy atom. The summed E-state index contributed by atoms with van der Waals surface area (Å²) in [4.78, 5) is 11.1. The second-order valence-corrected chi connectivity index (χ2v) is 4.30. The van der Waals surface area contributed by atoms with Crippen LogP contribution in [-0.2, 0) is 16.6 Å². The highest BCUT2D eigenvalue weighted by Crippen LogP contribution is 2.21. The molecule has 84 valence electrons. The SMILES string of the molecule is COC(=O)[C@@H](N)[C@H](C)Sc1nnnn1C. The fraction of sp³-hybridized carbons (Fsp3) is 0.714. The third-order valence-corrected chi connectivity index (χ3v) is 3.07. The number of methoxy groups -OCH3 is 1. The molecule has 1 heterocycles. The second-order valence-electron chi connectivity index (χ2n) is 2.96. The number of nitrogens with zero attached hydrogens (tertiary/aromatic N) is 4. The second kappa shape index (κ2) is 5.08. The summed E-state index contributed by atoms with van der Waals surface area (Å²) in [7, 11) is 3.03. The Labute approximate surface area is 91.3 Å². The molecule has 0 radical (unpaired) electrons. The molecule has 0 unspecified atom stereocenters. The highest BCUT2D eigenvalue weighted by molar-refractivity contribution is 7.99. The van der Waals surface area contributed by atoms with Gasteiger partial charge in [0.05, 0.1) is 7.11 Å². The van der Waals surface area contributed by atoms with Crippen LogP contribution in [0.15, 0.2) is 5.16 Å². The van der Waals surface area contributed by atoms with Gasteiger partial charge in [-0.1, -0.05) is 18.7 Å². The van der Waals surface area contributed by atoms with E-state index in [1.807, 2.05) is 6.92 Å². The van der Waals surface area contributed by atoms with E-state index in [-0.39, 0.29) is 5.25 Å². The van der Waals surface area contributed by atoms with Crippen LogP contribution in [0.2, 0.25) is 0 Å². The van der Waals surface area contributed by atoms with Crippen LogP contribution in [0.3, 0.4) is 0 Å². The van der Waals surface area contributed by atoms with E-state index in [2.05, 4.69) is 20.3 Å². The maximum absolute atomic E-state index is 11.1. The Kier molecular flexibility index (Phi) is 4.04. The van der Waals surface area contributed by atoms with Crippen LogP contribution in [0.25, 0.3) is 0 Å². The lowest BCUT2D eigenvalue weighted by molar-refractivity contribution is -0.142. The molecule has 15 heavy (non-hydrogen) atoms. The molecule has 0 spiro atoms. The van der Waals surface area contributed by atoms with Gasteiger partial charge in [0.15, 0.2) is 0 Å². The number of thioether (sulfide) groups is 1. The Morgan fingerprint density at radius 2 is 2.33 bits per heavy atom. The van der Waals surface area contributed by atoms with Gasteiger partial charge in [-0.15, -0.1) is 5.10 Å². The summed E-state index contributed by atoms with van der Waals surface area (Å²) >= 11 is 1.33. The highest BCUT2D eigenvalue weighted by atomic mass is 32.2. The third kappa shape index (κ3) is 2.90. The number of aromatic nitrogens is 4. The molecule has 1 aromatic heterocycles. The summed E-state index contributed by atoms with van der Waals surface area (Å²) in [5.74, 6) is -0.440. The Hall–Kier alpha value is -1.15. The first kappa shape index (κ1) is 11.9. The number of tetrazole rings is 1. The van der Waals surface area contributed by atoms with Crippen LogP contribution >= 0.6 is 11.8 Å². The van der Waals surface area contributed by atoms with Crippen molar-refractivity contribution in [2.45, 2.75) is 23.4 Å². The molecule has 0 fully saturated rings. The molecule has 0 aliphatic rings. The lowest BCUT2D eigenvalue weighted by Crippen LogP contribution is -2.39. The average Bonchev–Trinajstić information content (AvgIpc) is 2.62. The van der Waals surface area contributed by atoms with Crippen molar-refractivity contribution in [1.82, 2.24) is 20.2 Å². The van der Waals surface area contributed by atoms with E-state index in [1.165, 1.54) is 23.6 Å². The van der Waals surface area contributed by atoms with Crippen molar-refractivity contribution >= 4 is 17.7 Å². The molecule has 0 saturated heterocycles. The fourth-order valence-corrected chi connectivity index (χ4v) is 1.75. The van der Waals surface area contributed by atoms with Crippen LogP contribution < -0.4 is 5.73 Å². The van der Waals surface area contributed by atoms with E-state index in [1.54, 1.807) is 7.05 Å². The molecule has 8 heteroatoms. The first-order chi connectivity index (χ1) is 7.06. The van der Waals surface area contributed by atoms with Gasteiger partial charge in [0, 0.05) is 12.3 Å². The maximum Gasteiger partial charge on any atom is 0.323 e. The molecule has 0 saturated carbocycles. The lowest BCUT2D eigenvalue weighted by atomic mass is 10.2. The van der Waals surface area contributed by atoms with Crippen molar-refractivity contribution in [3.8, 4) is 0 Å². The Bertz CT molecular complexity index is 342. The summed E-state index contributed by atoms with van der Waals surface area (Å²) < 4.78 is 6.07. The van der Waals surface area contributed by atoms with Gasteiger partial charge in [0.2, 0.25) is 5.16 Å². The molecular weight excluding hydrogens is 218 g/mol. The summed E-state index contributed by atoms with van der Waals surface area (Å²) in [6, 6.07) is -0.684. The summed E-state index contributed by atoms with van der Waals surface area (Å²) in [5.41, 5.74) is 5.66. The monoisotopic (exact) mass is 231 g/mol. The zero-order chi connectivity index (χ0) is 11.4. The number of rotatable bonds is 4. The molecule has 1 aromatic rings. The molecule has 2 N–H and O–H groups in total. The molecule has 1 rings (SSSR count). The van der Waals surface area contributed by atoms with Gasteiger partial charge in [0.25, 0.3) is 0 Å². The molecular formula is C7H13N5O2S. The fourth-order valence-electron chi connectivity index (χ4n) is 0.888. The van der Waals surface area contributed by atoms with Crippen LogP contribution in [0.1, 0.15) is 6.92 Å². The minimum absolute atomic E-state index is 0.151. The zero-order valence-corrected chi connectivity index (χ0v) is 9.56. The first-order valence-electron chi connectivity index (χ1n) is 4.28. The van der Waals surface area contributed by atoms with E-state index in [0.717, 1.165) is 0 Å². The minimum Gasteiger partial charge on any atom is -0.468 e. The molecule has 2 atom stereocenters. The van der Waals surface area contributed by atoms with E-state index < -0.39 is 12.0 Å². The van der Waals surface area contributed by atoms with Gasteiger partial charge in [-0.25, -0.2) is 4.68 Å². The Morgan fingerprint density at radius 1 is 1.67 bits per heavy atom. The molecule has 0 bridgehead atoms. The van der Waals surface area contributed by atoms with Crippen molar-refractivity contribution in [2.24, 2.45) is 12.8 Å². The number of esters is 1. The molecule has 0 aliphatic carbocycles. The van der Waals surface area contributed by atoms with Crippen LogP contribution in [0, 0.1) is 0 Å². The molecule has 0 aromatic carbocycles. The quantitative estimate of drug-likeness (QED) is 0.534.